The van der Waals surface area contributed by atoms with Gasteiger partial charge in [0.2, 0.25) is 0 Å². The molecule has 0 amide bonds. The van der Waals surface area contributed by atoms with Crippen LogP contribution in [0, 0.1) is 0 Å². The van der Waals surface area contributed by atoms with Gasteiger partial charge in [-0.05, 0) is 12.1 Å². The number of methoxy groups -OCH3 is 2. The van der Waals surface area contributed by atoms with Crippen LogP contribution in [0.15, 0.2) is 53.4 Å². The molecule has 0 heterocycles. The van der Waals surface area contributed by atoms with Gasteiger partial charge in [0, 0.05) is 18.2 Å². The van der Waals surface area contributed by atoms with Crippen molar-refractivity contribution in [3.05, 3.63) is 48.5 Å². The fourth-order valence-electron chi connectivity index (χ4n) is 1.68. The highest BCUT2D eigenvalue weighted by Crippen LogP contribution is 2.27. The van der Waals surface area contributed by atoms with Crippen molar-refractivity contribution in [1.29, 1.82) is 0 Å². The monoisotopic (exact) mass is 293 g/mol. The van der Waals surface area contributed by atoms with Gasteiger partial charge in [-0.3, -0.25) is 4.72 Å². The Morgan fingerprint density at radius 3 is 1.95 bits per heavy atom. The highest BCUT2D eigenvalue weighted by molar-refractivity contribution is 7.92. The summed E-state index contributed by atoms with van der Waals surface area (Å²) in [5.41, 5.74) is 0.380. The van der Waals surface area contributed by atoms with Crippen molar-refractivity contribution in [2.75, 3.05) is 18.9 Å². The molecule has 0 atom stereocenters. The molecule has 2 aromatic rings. The van der Waals surface area contributed by atoms with Crippen molar-refractivity contribution in [3.63, 3.8) is 0 Å². The highest BCUT2D eigenvalue weighted by Gasteiger charge is 2.14. The molecule has 0 spiro atoms. The Morgan fingerprint density at radius 2 is 1.45 bits per heavy atom. The second-order valence-electron chi connectivity index (χ2n) is 4.02. The van der Waals surface area contributed by atoms with Crippen LogP contribution in [0.4, 0.5) is 5.69 Å². The van der Waals surface area contributed by atoms with Crippen molar-refractivity contribution in [2.24, 2.45) is 0 Å². The van der Waals surface area contributed by atoms with E-state index in [0.29, 0.717) is 17.2 Å². The van der Waals surface area contributed by atoms with E-state index in [1.54, 1.807) is 36.4 Å². The van der Waals surface area contributed by atoms with E-state index in [0.717, 1.165) is 0 Å². The standard InChI is InChI=1S/C14H15NO4S/c1-18-12-8-11(9-13(10-12)19-2)15-20(16,17)14-6-4-3-5-7-14/h3-10,15H,1-2H3. The molecule has 6 heteroatoms. The summed E-state index contributed by atoms with van der Waals surface area (Å²) in [6.07, 6.45) is 0. The number of anilines is 1. The van der Waals surface area contributed by atoms with Crippen LogP contribution in [0.3, 0.4) is 0 Å². The third-order valence-corrected chi connectivity index (χ3v) is 4.05. The third kappa shape index (κ3) is 3.21. The van der Waals surface area contributed by atoms with E-state index in [4.69, 9.17) is 9.47 Å². The third-order valence-electron chi connectivity index (χ3n) is 2.66. The zero-order valence-corrected chi connectivity index (χ0v) is 12.0. The lowest BCUT2D eigenvalue weighted by atomic mass is 10.3. The molecule has 0 aromatic heterocycles. The number of sulfonamides is 1. The molecule has 20 heavy (non-hydrogen) atoms. The van der Waals surface area contributed by atoms with Crippen LogP contribution in [0.1, 0.15) is 0 Å². The van der Waals surface area contributed by atoms with E-state index in [2.05, 4.69) is 4.72 Å². The van der Waals surface area contributed by atoms with Gasteiger partial charge >= 0.3 is 0 Å². The lowest BCUT2D eigenvalue weighted by Crippen LogP contribution is -2.12. The van der Waals surface area contributed by atoms with Gasteiger partial charge in [0.15, 0.2) is 0 Å². The zero-order valence-electron chi connectivity index (χ0n) is 11.2. The van der Waals surface area contributed by atoms with Crippen LogP contribution >= 0.6 is 0 Å². The number of hydrogen-bond acceptors (Lipinski definition) is 4. The molecule has 0 bridgehead atoms. The summed E-state index contributed by atoms with van der Waals surface area (Å²) < 4.78 is 37.1. The van der Waals surface area contributed by atoms with E-state index in [1.807, 2.05) is 0 Å². The smallest absolute Gasteiger partial charge is 0.261 e. The molecular formula is C14H15NO4S. The maximum absolute atomic E-state index is 12.2. The average Bonchev–Trinajstić information content (AvgIpc) is 2.47. The van der Waals surface area contributed by atoms with Gasteiger partial charge in [0.1, 0.15) is 11.5 Å². The zero-order chi connectivity index (χ0) is 14.6. The predicted molar refractivity (Wildman–Crippen MR) is 76.8 cm³/mol. The predicted octanol–water partition coefficient (Wildman–Crippen LogP) is 2.50. The molecule has 0 radical (unpaired) electrons. The first-order valence-electron chi connectivity index (χ1n) is 5.86. The topological polar surface area (TPSA) is 64.6 Å². The quantitative estimate of drug-likeness (QED) is 0.920. The Bertz CT molecular complexity index is 661. The van der Waals surface area contributed by atoms with E-state index in [9.17, 15) is 8.42 Å². The van der Waals surface area contributed by atoms with Crippen LogP contribution < -0.4 is 14.2 Å². The van der Waals surface area contributed by atoms with Crippen LogP contribution in [0.5, 0.6) is 11.5 Å². The Hall–Kier alpha value is -2.21. The highest BCUT2D eigenvalue weighted by atomic mass is 32.2. The average molecular weight is 293 g/mol. The first-order chi connectivity index (χ1) is 9.55. The fourth-order valence-corrected chi connectivity index (χ4v) is 2.74. The van der Waals surface area contributed by atoms with Gasteiger partial charge in [-0.2, -0.15) is 0 Å². The molecule has 1 N–H and O–H groups in total. The molecule has 0 saturated carbocycles. The molecule has 0 aliphatic carbocycles. The minimum atomic E-state index is -3.62. The SMILES string of the molecule is COc1cc(NS(=O)(=O)c2ccccc2)cc(OC)c1. The Labute approximate surface area is 118 Å². The molecule has 2 aromatic carbocycles. The van der Waals surface area contributed by atoms with Crippen molar-refractivity contribution in [1.82, 2.24) is 0 Å². The van der Waals surface area contributed by atoms with E-state index < -0.39 is 10.0 Å². The number of benzene rings is 2. The largest absolute Gasteiger partial charge is 0.497 e. The molecule has 0 fully saturated rings. The molecule has 0 unspecified atom stereocenters. The van der Waals surface area contributed by atoms with Gasteiger partial charge < -0.3 is 9.47 Å². The molecule has 106 valence electrons. The van der Waals surface area contributed by atoms with Crippen LogP contribution in [-0.2, 0) is 10.0 Å². The fraction of sp³-hybridized carbons (Fsp3) is 0.143. The first kappa shape index (κ1) is 14.2. The van der Waals surface area contributed by atoms with E-state index in [1.165, 1.54) is 26.4 Å². The number of nitrogens with one attached hydrogen (secondary N) is 1. The maximum Gasteiger partial charge on any atom is 0.261 e. The van der Waals surface area contributed by atoms with Gasteiger partial charge in [-0.25, -0.2) is 8.42 Å². The summed E-state index contributed by atoms with van der Waals surface area (Å²) in [6, 6.07) is 13.0. The Balaban J connectivity index is 2.34. The minimum absolute atomic E-state index is 0.196. The van der Waals surface area contributed by atoms with Crippen molar-refractivity contribution < 1.29 is 17.9 Å². The summed E-state index contributed by atoms with van der Waals surface area (Å²) in [7, 11) is -0.616. The molecular weight excluding hydrogens is 278 g/mol. The van der Waals surface area contributed by atoms with Crippen molar-refractivity contribution in [3.8, 4) is 11.5 Å². The minimum Gasteiger partial charge on any atom is -0.497 e. The second-order valence-corrected chi connectivity index (χ2v) is 5.70. The maximum atomic E-state index is 12.2. The Kier molecular flexibility index (Phi) is 4.14. The van der Waals surface area contributed by atoms with Gasteiger partial charge in [-0.1, -0.05) is 18.2 Å². The second kappa shape index (κ2) is 5.83. The molecule has 5 nitrogen and oxygen atoms in total. The van der Waals surface area contributed by atoms with E-state index >= 15 is 0 Å². The van der Waals surface area contributed by atoms with Gasteiger partial charge in [0.05, 0.1) is 24.8 Å². The summed E-state index contributed by atoms with van der Waals surface area (Å²) in [6.45, 7) is 0. The first-order valence-corrected chi connectivity index (χ1v) is 7.34. The lowest BCUT2D eigenvalue weighted by Gasteiger charge is -2.11. The summed E-state index contributed by atoms with van der Waals surface area (Å²) in [5.74, 6) is 1.02. The van der Waals surface area contributed by atoms with Gasteiger partial charge in [-0.15, -0.1) is 0 Å². The molecule has 0 aliphatic rings. The Morgan fingerprint density at radius 1 is 0.900 bits per heavy atom. The van der Waals surface area contributed by atoms with Crippen LogP contribution in [0.25, 0.3) is 0 Å². The normalized spacial score (nSPS) is 10.9. The summed E-state index contributed by atoms with van der Waals surface area (Å²) in [5, 5.41) is 0. The van der Waals surface area contributed by atoms with Crippen molar-refractivity contribution >= 4 is 15.7 Å². The van der Waals surface area contributed by atoms with Gasteiger partial charge in [0.25, 0.3) is 10.0 Å². The number of rotatable bonds is 5. The van der Waals surface area contributed by atoms with E-state index in [-0.39, 0.29) is 4.90 Å². The summed E-state index contributed by atoms with van der Waals surface area (Å²) in [4.78, 5) is 0.196. The van der Waals surface area contributed by atoms with Crippen LogP contribution in [0.2, 0.25) is 0 Å². The molecule has 0 aliphatic heterocycles. The van der Waals surface area contributed by atoms with Crippen molar-refractivity contribution in [2.45, 2.75) is 4.90 Å². The molecule has 0 saturated heterocycles. The number of hydrogen-bond donors (Lipinski definition) is 1. The molecule has 2 rings (SSSR count). The summed E-state index contributed by atoms with van der Waals surface area (Å²) >= 11 is 0. The van der Waals surface area contributed by atoms with Crippen LogP contribution in [-0.4, -0.2) is 22.6 Å². The number of ether oxygens (including phenoxy) is 2. The lowest BCUT2D eigenvalue weighted by molar-refractivity contribution is 0.395.